The van der Waals surface area contributed by atoms with Crippen molar-refractivity contribution >= 4 is 22.6 Å². The lowest BCUT2D eigenvalue weighted by atomic mass is 10.1. The first-order valence-corrected chi connectivity index (χ1v) is 8.10. The van der Waals surface area contributed by atoms with Crippen LogP contribution in [-0.4, -0.2) is 23.0 Å². The number of H-pyrrole nitrogens is 1. The average Bonchev–Trinajstić information content (AvgIpc) is 3.40. The molecule has 1 aliphatic carbocycles. The number of hydrogen-bond donors (Lipinski definition) is 2. The Labute approximate surface area is 140 Å². The molecule has 5 nitrogen and oxygen atoms in total. The molecule has 0 radical (unpaired) electrons. The highest BCUT2D eigenvalue weighted by atomic mass is 16.5. The van der Waals surface area contributed by atoms with Crippen molar-refractivity contribution < 1.29 is 9.53 Å². The zero-order valence-electron chi connectivity index (χ0n) is 13.7. The van der Waals surface area contributed by atoms with Gasteiger partial charge in [0.2, 0.25) is 5.91 Å². The summed E-state index contributed by atoms with van der Waals surface area (Å²) in [6.45, 7) is 2.06. The van der Waals surface area contributed by atoms with Gasteiger partial charge < -0.3 is 15.0 Å². The van der Waals surface area contributed by atoms with Crippen LogP contribution in [0.5, 0.6) is 5.75 Å². The van der Waals surface area contributed by atoms with E-state index in [9.17, 15) is 4.79 Å². The average molecular weight is 321 g/mol. The maximum atomic E-state index is 11.9. The minimum atomic E-state index is 0.0649. The monoisotopic (exact) mass is 321 g/mol. The minimum Gasteiger partial charge on any atom is -0.496 e. The molecule has 0 aliphatic heterocycles. The number of methoxy groups -OCH3 is 1. The van der Waals surface area contributed by atoms with Crippen molar-refractivity contribution in [3.63, 3.8) is 0 Å². The predicted molar refractivity (Wildman–Crippen MR) is 94.2 cm³/mol. The Balaban J connectivity index is 1.75. The number of aromatic amines is 1. The van der Waals surface area contributed by atoms with Crippen LogP contribution in [0.4, 0.5) is 5.82 Å². The summed E-state index contributed by atoms with van der Waals surface area (Å²) in [5.41, 5.74) is 4.09. The summed E-state index contributed by atoms with van der Waals surface area (Å²) < 4.78 is 5.47. The number of rotatable bonds is 4. The minimum absolute atomic E-state index is 0.0649. The first-order valence-electron chi connectivity index (χ1n) is 8.10. The van der Waals surface area contributed by atoms with Gasteiger partial charge in [-0.1, -0.05) is 12.1 Å². The zero-order chi connectivity index (χ0) is 16.7. The number of aromatic nitrogens is 2. The fourth-order valence-corrected chi connectivity index (χ4v) is 2.98. The Hall–Kier alpha value is -2.82. The number of fused-ring (bicyclic) bond motifs is 1. The predicted octanol–water partition coefficient (Wildman–Crippen LogP) is 3.90. The van der Waals surface area contributed by atoms with Crippen LogP contribution in [0.1, 0.15) is 18.4 Å². The molecule has 122 valence electrons. The molecule has 0 unspecified atom stereocenters. The van der Waals surface area contributed by atoms with Gasteiger partial charge in [0.05, 0.1) is 18.3 Å². The van der Waals surface area contributed by atoms with E-state index >= 15 is 0 Å². The van der Waals surface area contributed by atoms with E-state index < -0.39 is 0 Å². The van der Waals surface area contributed by atoms with E-state index in [0.29, 0.717) is 5.82 Å². The topological polar surface area (TPSA) is 67.0 Å². The van der Waals surface area contributed by atoms with Crippen LogP contribution in [-0.2, 0) is 4.79 Å². The normalized spacial score (nSPS) is 13.9. The standard InChI is InChI=1S/C19H19N3O2/c1-11-14-10-20-17(22-19(23)12-7-8-12)9-15(14)21-18(11)13-5-3-4-6-16(13)24-2/h3-6,9-10,12,21H,7-8H2,1-2H3,(H,20,22,23). The van der Waals surface area contributed by atoms with Crippen LogP contribution < -0.4 is 10.1 Å². The maximum Gasteiger partial charge on any atom is 0.228 e. The highest BCUT2D eigenvalue weighted by Gasteiger charge is 2.29. The molecule has 2 aromatic heterocycles. The van der Waals surface area contributed by atoms with Crippen LogP contribution >= 0.6 is 0 Å². The van der Waals surface area contributed by atoms with Crippen LogP contribution in [0, 0.1) is 12.8 Å². The van der Waals surface area contributed by atoms with E-state index in [1.54, 1.807) is 7.11 Å². The van der Waals surface area contributed by atoms with Gasteiger partial charge in [-0.2, -0.15) is 0 Å². The summed E-state index contributed by atoms with van der Waals surface area (Å²) in [6.07, 6.45) is 3.77. The molecule has 1 saturated carbocycles. The van der Waals surface area contributed by atoms with Gasteiger partial charge in [0.25, 0.3) is 0 Å². The number of nitrogens with zero attached hydrogens (tertiary/aromatic N) is 1. The van der Waals surface area contributed by atoms with Crippen molar-refractivity contribution in [3.8, 4) is 17.0 Å². The van der Waals surface area contributed by atoms with E-state index in [-0.39, 0.29) is 11.8 Å². The number of para-hydroxylation sites is 1. The first-order chi connectivity index (χ1) is 11.7. The van der Waals surface area contributed by atoms with Crippen LogP contribution in [0.15, 0.2) is 36.5 Å². The smallest absolute Gasteiger partial charge is 0.228 e. The third kappa shape index (κ3) is 2.52. The lowest BCUT2D eigenvalue weighted by molar-refractivity contribution is -0.117. The van der Waals surface area contributed by atoms with Gasteiger partial charge in [-0.25, -0.2) is 4.98 Å². The molecule has 2 N–H and O–H groups in total. The fraction of sp³-hybridized carbons (Fsp3) is 0.263. The number of benzene rings is 1. The highest BCUT2D eigenvalue weighted by molar-refractivity contribution is 5.96. The first kappa shape index (κ1) is 14.8. The van der Waals surface area contributed by atoms with Crippen molar-refractivity contribution in [2.45, 2.75) is 19.8 Å². The highest BCUT2D eigenvalue weighted by Crippen LogP contribution is 2.35. The molecule has 0 atom stereocenters. The number of nitrogens with one attached hydrogen (secondary N) is 2. The van der Waals surface area contributed by atoms with Crippen molar-refractivity contribution in [3.05, 3.63) is 42.1 Å². The molecule has 24 heavy (non-hydrogen) atoms. The summed E-state index contributed by atoms with van der Waals surface area (Å²) in [6, 6.07) is 9.80. The number of amides is 1. The quantitative estimate of drug-likeness (QED) is 0.766. The largest absolute Gasteiger partial charge is 0.496 e. The van der Waals surface area contributed by atoms with Gasteiger partial charge in [0, 0.05) is 29.1 Å². The number of pyridine rings is 1. The fourth-order valence-electron chi connectivity index (χ4n) is 2.98. The van der Waals surface area contributed by atoms with E-state index in [1.807, 2.05) is 36.5 Å². The molecule has 0 saturated heterocycles. The lowest BCUT2D eigenvalue weighted by Gasteiger charge is -2.07. The Bertz CT molecular complexity index is 926. The van der Waals surface area contributed by atoms with Crippen LogP contribution in [0.25, 0.3) is 22.2 Å². The van der Waals surface area contributed by atoms with Crippen LogP contribution in [0.3, 0.4) is 0 Å². The summed E-state index contributed by atoms with van der Waals surface area (Å²) in [7, 11) is 1.67. The van der Waals surface area contributed by atoms with Crippen molar-refractivity contribution in [1.29, 1.82) is 0 Å². The molecular weight excluding hydrogens is 302 g/mol. The molecule has 0 bridgehead atoms. The van der Waals surface area contributed by atoms with E-state index in [2.05, 4.69) is 22.2 Å². The molecule has 1 aliphatic rings. The molecular formula is C19H19N3O2. The summed E-state index contributed by atoms with van der Waals surface area (Å²) in [5, 5.41) is 3.93. The van der Waals surface area contributed by atoms with Crippen molar-refractivity contribution in [1.82, 2.24) is 9.97 Å². The second kappa shape index (κ2) is 5.67. The van der Waals surface area contributed by atoms with E-state index in [0.717, 1.165) is 46.3 Å². The SMILES string of the molecule is COc1ccccc1-c1[nH]c2cc(NC(=O)C3CC3)ncc2c1C. The Morgan fingerprint density at radius 1 is 1.33 bits per heavy atom. The zero-order valence-corrected chi connectivity index (χ0v) is 13.7. The van der Waals surface area contributed by atoms with E-state index in [1.165, 1.54) is 0 Å². The Morgan fingerprint density at radius 2 is 2.12 bits per heavy atom. The molecule has 3 aromatic rings. The molecule has 0 spiro atoms. The second-order valence-corrected chi connectivity index (χ2v) is 6.20. The Kier molecular flexibility index (Phi) is 3.49. The number of anilines is 1. The van der Waals surface area contributed by atoms with Crippen LogP contribution in [0.2, 0.25) is 0 Å². The molecule has 1 fully saturated rings. The summed E-state index contributed by atoms with van der Waals surface area (Å²) >= 11 is 0. The van der Waals surface area contributed by atoms with Gasteiger partial charge in [0.15, 0.2) is 0 Å². The number of carbonyl (C=O) groups is 1. The molecule has 1 aromatic carbocycles. The molecule has 2 heterocycles. The van der Waals surface area contributed by atoms with Gasteiger partial charge in [-0.15, -0.1) is 0 Å². The third-order valence-corrected chi connectivity index (χ3v) is 4.52. The maximum absolute atomic E-state index is 11.9. The molecule has 1 amide bonds. The third-order valence-electron chi connectivity index (χ3n) is 4.52. The summed E-state index contributed by atoms with van der Waals surface area (Å²) in [4.78, 5) is 19.7. The number of carbonyl (C=O) groups excluding carboxylic acids is 1. The van der Waals surface area contributed by atoms with Gasteiger partial charge in [0.1, 0.15) is 11.6 Å². The summed E-state index contributed by atoms with van der Waals surface area (Å²) in [5.74, 6) is 1.64. The second-order valence-electron chi connectivity index (χ2n) is 6.20. The number of ether oxygens (including phenoxy) is 1. The van der Waals surface area contributed by atoms with Crippen molar-refractivity contribution in [2.75, 3.05) is 12.4 Å². The van der Waals surface area contributed by atoms with Crippen molar-refractivity contribution in [2.24, 2.45) is 5.92 Å². The molecule has 4 rings (SSSR count). The van der Waals surface area contributed by atoms with Gasteiger partial charge in [-0.05, 0) is 37.5 Å². The number of hydrogen-bond acceptors (Lipinski definition) is 3. The lowest BCUT2D eigenvalue weighted by Crippen LogP contribution is -2.14. The number of aryl methyl sites for hydroxylation is 1. The Morgan fingerprint density at radius 3 is 2.88 bits per heavy atom. The molecule has 5 heteroatoms. The van der Waals surface area contributed by atoms with E-state index in [4.69, 9.17) is 4.74 Å². The van der Waals surface area contributed by atoms with Gasteiger partial charge in [-0.3, -0.25) is 4.79 Å². The van der Waals surface area contributed by atoms with Gasteiger partial charge >= 0.3 is 0 Å².